The van der Waals surface area contributed by atoms with Crippen LogP contribution >= 0.6 is 15.9 Å². The predicted molar refractivity (Wildman–Crippen MR) is 77.5 cm³/mol. The molecule has 2 nitrogen and oxygen atoms in total. The molecule has 0 aliphatic carbocycles. The third-order valence-electron chi connectivity index (χ3n) is 3.61. The van der Waals surface area contributed by atoms with Gasteiger partial charge in [0.1, 0.15) is 0 Å². The summed E-state index contributed by atoms with van der Waals surface area (Å²) in [6, 6.07) is 6.62. The lowest BCUT2D eigenvalue weighted by Crippen LogP contribution is -2.22. The van der Waals surface area contributed by atoms with Crippen LogP contribution in [-0.4, -0.2) is 20.1 Å². The van der Waals surface area contributed by atoms with Gasteiger partial charge in [0.15, 0.2) is 0 Å². The van der Waals surface area contributed by atoms with Crippen LogP contribution in [0.4, 0.5) is 5.69 Å². The highest BCUT2D eigenvalue weighted by atomic mass is 79.9. The van der Waals surface area contributed by atoms with E-state index in [2.05, 4.69) is 51.3 Å². The van der Waals surface area contributed by atoms with Crippen molar-refractivity contribution in [3.05, 3.63) is 28.2 Å². The van der Waals surface area contributed by atoms with Crippen LogP contribution in [0.1, 0.15) is 25.3 Å². The molecule has 1 fully saturated rings. The van der Waals surface area contributed by atoms with Gasteiger partial charge in [0.05, 0.1) is 0 Å². The van der Waals surface area contributed by atoms with Gasteiger partial charge in [0.2, 0.25) is 0 Å². The molecule has 3 heteroatoms. The number of nitrogens with zero attached hydrogens (tertiary/aromatic N) is 1. The Balaban J connectivity index is 2.19. The number of halogens is 1. The lowest BCUT2D eigenvalue weighted by Gasteiger charge is -2.22. The van der Waals surface area contributed by atoms with Crippen LogP contribution in [0.25, 0.3) is 0 Å². The molecule has 0 radical (unpaired) electrons. The molecule has 2 rings (SSSR count). The summed E-state index contributed by atoms with van der Waals surface area (Å²) in [5.74, 6) is 0.876. The zero-order valence-electron chi connectivity index (χ0n) is 10.7. The number of benzene rings is 1. The van der Waals surface area contributed by atoms with E-state index in [0.717, 1.165) is 16.9 Å². The Hall–Kier alpha value is -0.540. The van der Waals surface area contributed by atoms with Crippen LogP contribution in [0.15, 0.2) is 22.7 Å². The van der Waals surface area contributed by atoms with Crippen molar-refractivity contribution in [2.75, 3.05) is 25.0 Å². The first-order chi connectivity index (χ1) is 8.24. The highest BCUT2D eigenvalue weighted by Gasteiger charge is 2.22. The van der Waals surface area contributed by atoms with Gasteiger partial charge in [-0.3, -0.25) is 0 Å². The van der Waals surface area contributed by atoms with Crippen LogP contribution in [-0.2, 0) is 6.54 Å². The summed E-state index contributed by atoms with van der Waals surface area (Å²) in [5, 5.41) is 3.25. The van der Waals surface area contributed by atoms with E-state index < -0.39 is 0 Å². The van der Waals surface area contributed by atoms with Gasteiger partial charge >= 0.3 is 0 Å². The van der Waals surface area contributed by atoms with E-state index in [9.17, 15) is 0 Å². The highest BCUT2D eigenvalue weighted by molar-refractivity contribution is 9.10. The van der Waals surface area contributed by atoms with Gasteiger partial charge in [-0.25, -0.2) is 0 Å². The van der Waals surface area contributed by atoms with E-state index in [1.807, 2.05) is 7.05 Å². The van der Waals surface area contributed by atoms with Gasteiger partial charge in [-0.05, 0) is 43.1 Å². The number of hydrogen-bond donors (Lipinski definition) is 1. The van der Waals surface area contributed by atoms with Gasteiger partial charge in [-0.2, -0.15) is 0 Å². The summed E-state index contributed by atoms with van der Waals surface area (Å²) in [4.78, 5) is 2.54. The standard InChI is InChI=1S/C14H21BrN2/c1-3-11-6-7-17(10-11)14-5-4-13(15)8-12(14)9-16-2/h4-5,8,11,16H,3,6-7,9-10H2,1-2H3. The third kappa shape index (κ3) is 3.02. The lowest BCUT2D eigenvalue weighted by atomic mass is 10.1. The number of hydrogen-bond acceptors (Lipinski definition) is 2. The number of rotatable bonds is 4. The Labute approximate surface area is 113 Å². The summed E-state index contributed by atoms with van der Waals surface area (Å²) in [6.45, 7) is 5.65. The van der Waals surface area contributed by atoms with Crippen LogP contribution in [0.5, 0.6) is 0 Å². The summed E-state index contributed by atoms with van der Waals surface area (Å²) in [5.41, 5.74) is 2.79. The molecule has 94 valence electrons. The molecule has 0 spiro atoms. The Morgan fingerprint density at radius 2 is 2.29 bits per heavy atom. The maximum absolute atomic E-state index is 3.55. The fourth-order valence-corrected chi connectivity index (χ4v) is 2.99. The predicted octanol–water partition coefficient (Wildman–Crippen LogP) is 3.40. The minimum Gasteiger partial charge on any atom is -0.371 e. The third-order valence-corrected chi connectivity index (χ3v) is 4.11. The Bertz CT molecular complexity index is 378. The summed E-state index contributed by atoms with van der Waals surface area (Å²) < 4.78 is 1.16. The highest BCUT2D eigenvalue weighted by Crippen LogP contribution is 2.30. The first-order valence-corrected chi connectivity index (χ1v) is 7.22. The van der Waals surface area contributed by atoms with Gasteiger partial charge < -0.3 is 10.2 Å². The molecular weight excluding hydrogens is 276 g/mol. The second kappa shape index (κ2) is 5.87. The molecule has 1 aliphatic heterocycles. The first-order valence-electron chi connectivity index (χ1n) is 6.42. The second-order valence-corrected chi connectivity index (χ2v) is 5.73. The van der Waals surface area contributed by atoms with Gasteiger partial charge in [0, 0.05) is 29.8 Å². The maximum atomic E-state index is 3.55. The molecule has 1 aromatic carbocycles. The minimum atomic E-state index is 0.876. The zero-order chi connectivity index (χ0) is 12.3. The fourth-order valence-electron chi connectivity index (χ4n) is 2.58. The summed E-state index contributed by atoms with van der Waals surface area (Å²) in [7, 11) is 2.00. The molecule has 1 aromatic rings. The Morgan fingerprint density at radius 1 is 1.47 bits per heavy atom. The van der Waals surface area contributed by atoms with E-state index in [-0.39, 0.29) is 0 Å². The minimum absolute atomic E-state index is 0.876. The summed E-state index contributed by atoms with van der Waals surface area (Å²) in [6.07, 6.45) is 2.64. The van der Waals surface area contributed by atoms with Crippen molar-refractivity contribution < 1.29 is 0 Å². The van der Waals surface area contributed by atoms with Gasteiger partial charge in [-0.1, -0.05) is 29.3 Å². The lowest BCUT2D eigenvalue weighted by molar-refractivity contribution is 0.569. The molecule has 17 heavy (non-hydrogen) atoms. The van der Waals surface area contributed by atoms with Crippen LogP contribution in [0.3, 0.4) is 0 Å². The van der Waals surface area contributed by atoms with Crippen molar-refractivity contribution in [3.63, 3.8) is 0 Å². The smallest absolute Gasteiger partial charge is 0.0412 e. The molecule has 1 atom stereocenters. The molecule has 0 bridgehead atoms. The van der Waals surface area contributed by atoms with E-state index in [0.29, 0.717) is 0 Å². The quantitative estimate of drug-likeness (QED) is 0.916. The molecule has 1 aliphatic rings. The van der Waals surface area contributed by atoms with Crippen molar-refractivity contribution in [1.29, 1.82) is 0 Å². The average Bonchev–Trinajstić information content (AvgIpc) is 2.78. The van der Waals surface area contributed by atoms with E-state index in [1.165, 1.54) is 37.2 Å². The SMILES string of the molecule is CCC1CCN(c2ccc(Br)cc2CNC)C1. The molecule has 1 saturated heterocycles. The van der Waals surface area contributed by atoms with Gasteiger partial charge in [-0.15, -0.1) is 0 Å². The summed E-state index contributed by atoms with van der Waals surface area (Å²) >= 11 is 3.55. The maximum Gasteiger partial charge on any atom is 0.0412 e. The molecule has 1 N–H and O–H groups in total. The Kier molecular flexibility index (Phi) is 4.46. The van der Waals surface area contributed by atoms with Crippen molar-refractivity contribution >= 4 is 21.6 Å². The van der Waals surface area contributed by atoms with E-state index in [4.69, 9.17) is 0 Å². The van der Waals surface area contributed by atoms with Crippen molar-refractivity contribution in [1.82, 2.24) is 5.32 Å². The van der Waals surface area contributed by atoms with E-state index >= 15 is 0 Å². The Morgan fingerprint density at radius 3 is 2.94 bits per heavy atom. The zero-order valence-corrected chi connectivity index (χ0v) is 12.3. The van der Waals surface area contributed by atoms with Crippen molar-refractivity contribution in [3.8, 4) is 0 Å². The second-order valence-electron chi connectivity index (χ2n) is 4.81. The largest absolute Gasteiger partial charge is 0.371 e. The van der Waals surface area contributed by atoms with Crippen molar-refractivity contribution in [2.24, 2.45) is 5.92 Å². The molecule has 0 saturated carbocycles. The number of anilines is 1. The average molecular weight is 297 g/mol. The molecule has 1 unspecified atom stereocenters. The van der Waals surface area contributed by atoms with Crippen molar-refractivity contribution in [2.45, 2.75) is 26.3 Å². The molecule has 0 amide bonds. The molecular formula is C14H21BrN2. The van der Waals surface area contributed by atoms with Gasteiger partial charge in [0.25, 0.3) is 0 Å². The molecule has 1 heterocycles. The molecule has 0 aromatic heterocycles. The fraction of sp³-hybridized carbons (Fsp3) is 0.571. The van der Waals surface area contributed by atoms with Crippen LogP contribution in [0, 0.1) is 5.92 Å². The number of nitrogens with one attached hydrogen (secondary N) is 1. The monoisotopic (exact) mass is 296 g/mol. The topological polar surface area (TPSA) is 15.3 Å². The van der Waals surface area contributed by atoms with Crippen LogP contribution in [0.2, 0.25) is 0 Å². The normalized spacial score (nSPS) is 19.9. The first kappa shape index (κ1) is 12.9. The van der Waals surface area contributed by atoms with E-state index in [1.54, 1.807) is 0 Å². The van der Waals surface area contributed by atoms with Crippen LogP contribution < -0.4 is 10.2 Å².